The lowest BCUT2D eigenvalue weighted by Gasteiger charge is -2.03. The second kappa shape index (κ2) is 5.20. The van der Waals surface area contributed by atoms with Crippen LogP contribution < -0.4 is 4.74 Å². The van der Waals surface area contributed by atoms with Crippen LogP contribution in [-0.4, -0.2) is 0 Å². The van der Waals surface area contributed by atoms with Crippen LogP contribution in [0.25, 0.3) is 0 Å². The van der Waals surface area contributed by atoms with E-state index in [1.54, 1.807) is 0 Å². The Labute approximate surface area is 79.4 Å². The van der Waals surface area contributed by atoms with Gasteiger partial charge in [0.25, 0.3) is 0 Å². The Hall–Kier alpha value is -1.50. The second-order valence-electron chi connectivity index (χ2n) is 2.72. The summed E-state index contributed by atoms with van der Waals surface area (Å²) in [6.07, 6.45) is 5.86. The highest BCUT2D eigenvalue weighted by molar-refractivity contribution is 5.23. The second-order valence-corrected chi connectivity index (χ2v) is 2.72. The lowest BCUT2D eigenvalue weighted by atomic mass is 10.3. The maximum absolute atomic E-state index is 5.53. The zero-order valence-corrected chi connectivity index (χ0v) is 8.03. The van der Waals surface area contributed by atoms with Crippen LogP contribution in [0.15, 0.2) is 54.3 Å². The van der Waals surface area contributed by atoms with Gasteiger partial charge >= 0.3 is 0 Å². The number of rotatable bonds is 3. The van der Waals surface area contributed by atoms with E-state index in [0.717, 1.165) is 11.5 Å². The highest BCUT2D eigenvalue weighted by Crippen LogP contribution is 2.11. The first-order chi connectivity index (χ1) is 6.33. The van der Waals surface area contributed by atoms with Gasteiger partial charge in [-0.1, -0.05) is 30.4 Å². The van der Waals surface area contributed by atoms with Crippen LogP contribution in [0.1, 0.15) is 13.8 Å². The van der Waals surface area contributed by atoms with Crippen LogP contribution in [0.4, 0.5) is 0 Å². The van der Waals surface area contributed by atoms with Gasteiger partial charge < -0.3 is 4.74 Å². The first-order valence-electron chi connectivity index (χ1n) is 4.35. The average molecular weight is 174 g/mol. The van der Waals surface area contributed by atoms with Crippen molar-refractivity contribution in [3.05, 3.63) is 54.3 Å². The van der Waals surface area contributed by atoms with Crippen molar-refractivity contribution in [3.8, 4) is 5.75 Å². The normalized spacial score (nSPS) is 12.0. The number of para-hydroxylation sites is 1. The molecule has 0 aromatic heterocycles. The molecule has 1 nitrogen and oxygen atoms in total. The predicted molar refractivity (Wildman–Crippen MR) is 55.6 cm³/mol. The van der Waals surface area contributed by atoms with Gasteiger partial charge in [-0.25, -0.2) is 0 Å². The van der Waals surface area contributed by atoms with E-state index >= 15 is 0 Å². The van der Waals surface area contributed by atoms with Gasteiger partial charge in [-0.05, 0) is 32.1 Å². The zero-order valence-electron chi connectivity index (χ0n) is 8.03. The lowest BCUT2D eigenvalue weighted by molar-refractivity contribution is 0.428. The maximum Gasteiger partial charge on any atom is 0.126 e. The van der Waals surface area contributed by atoms with Crippen molar-refractivity contribution in [1.29, 1.82) is 0 Å². The molecule has 0 radical (unpaired) electrons. The molecule has 1 heteroatoms. The third-order valence-corrected chi connectivity index (χ3v) is 1.55. The van der Waals surface area contributed by atoms with Gasteiger partial charge in [0.15, 0.2) is 0 Å². The van der Waals surface area contributed by atoms with Crippen molar-refractivity contribution >= 4 is 0 Å². The van der Waals surface area contributed by atoms with E-state index in [1.165, 1.54) is 0 Å². The van der Waals surface area contributed by atoms with Crippen molar-refractivity contribution in [2.24, 2.45) is 0 Å². The minimum atomic E-state index is 0.876. The van der Waals surface area contributed by atoms with E-state index in [4.69, 9.17) is 4.74 Å². The molecular formula is C12H14O. The van der Waals surface area contributed by atoms with Crippen molar-refractivity contribution in [3.63, 3.8) is 0 Å². The Balaban J connectivity index is 2.60. The largest absolute Gasteiger partial charge is 0.462 e. The zero-order chi connectivity index (χ0) is 9.52. The molecule has 0 bridgehead atoms. The smallest absolute Gasteiger partial charge is 0.126 e. The third-order valence-electron chi connectivity index (χ3n) is 1.55. The average Bonchev–Trinajstić information content (AvgIpc) is 2.16. The topological polar surface area (TPSA) is 9.23 Å². The van der Waals surface area contributed by atoms with E-state index in [2.05, 4.69) is 0 Å². The minimum Gasteiger partial charge on any atom is -0.462 e. The van der Waals surface area contributed by atoms with E-state index < -0.39 is 0 Å². The molecule has 0 saturated heterocycles. The van der Waals surface area contributed by atoms with Crippen LogP contribution in [0, 0.1) is 0 Å². The molecule has 68 valence electrons. The summed E-state index contributed by atoms with van der Waals surface area (Å²) in [5, 5.41) is 0. The van der Waals surface area contributed by atoms with Crippen molar-refractivity contribution in [1.82, 2.24) is 0 Å². The van der Waals surface area contributed by atoms with Crippen LogP contribution in [0.3, 0.4) is 0 Å². The van der Waals surface area contributed by atoms with Crippen LogP contribution in [0.5, 0.6) is 5.75 Å². The molecule has 0 atom stereocenters. The lowest BCUT2D eigenvalue weighted by Crippen LogP contribution is -1.88. The number of allylic oxidation sites excluding steroid dienone is 4. The van der Waals surface area contributed by atoms with Gasteiger partial charge in [0, 0.05) is 0 Å². The van der Waals surface area contributed by atoms with Crippen LogP contribution >= 0.6 is 0 Å². The van der Waals surface area contributed by atoms with E-state index in [1.807, 2.05) is 62.4 Å². The van der Waals surface area contributed by atoms with Gasteiger partial charge in [-0.2, -0.15) is 0 Å². The molecule has 0 aliphatic rings. The summed E-state index contributed by atoms with van der Waals surface area (Å²) in [4.78, 5) is 0. The molecule has 0 heterocycles. The van der Waals surface area contributed by atoms with Crippen molar-refractivity contribution in [2.45, 2.75) is 13.8 Å². The Morgan fingerprint density at radius 3 is 2.54 bits per heavy atom. The van der Waals surface area contributed by atoms with Gasteiger partial charge in [-0.15, -0.1) is 0 Å². The molecule has 0 amide bonds. The fourth-order valence-corrected chi connectivity index (χ4v) is 0.940. The van der Waals surface area contributed by atoms with Gasteiger partial charge in [0.2, 0.25) is 0 Å². The number of benzene rings is 1. The Morgan fingerprint density at radius 2 is 1.92 bits per heavy atom. The summed E-state index contributed by atoms with van der Waals surface area (Å²) in [6, 6.07) is 9.76. The quantitative estimate of drug-likeness (QED) is 0.503. The fraction of sp³-hybridized carbons (Fsp3) is 0.167. The molecule has 1 aromatic rings. The number of hydrogen-bond acceptors (Lipinski definition) is 1. The van der Waals surface area contributed by atoms with Crippen LogP contribution in [0.2, 0.25) is 0 Å². The highest BCUT2D eigenvalue weighted by Gasteiger charge is 1.90. The number of ether oxygens (including phenoxy) is 1. The summed E-state index contributed by atoms with van der Waals surface area (Å²) < 4.78 is 5.53. The highest BCUT2D eigenvalue weighted by atomic mass is 16.5. The molecular weight excluding hydrogens is 160 g/mol. The fourth-order valence-electron chi connectivity index (χ4n) is 0.940. The molecule has 0 spiro atoms. The molecule has 0 aliphatic carbocycles. The first kappa shape index (κ1) is 9.59. The van der Waals surface area contributed by atoms with Crippen LogP contribution in [-0.2, 0) is 0 Å². The first-order valence-corrected chi connectivity index (χ1v) is 4.35. The summed E-state index contributed by atoms with van der Waals surface area (Å²) in [5.74, 6) is 1.77. The third kappa shape index (κ3) is 3.61. The number of hydrogen-bond donors (Lipinski definition) is 0. The van der Waals surface area contributed by atoms with Gasteiger partial charge in [0.05, 0.1) is 0 Å². The summed E-state index contributed by atoms with van der Waals surface area (Å²) in [6.45, 7) is 3.92. The molecule has 1 aromatic carbocycles. The monoisotopic (exact) mass is 174 g/mol. The molecule has 0 saturated carbocycles. The van der Waals surface area contributed by atoms with Crippen molar-refractivity contribution < 1.29 is 4.74 Å². The summed E-state index contributed by atoms with van der Waals surface area (Å²) in [7, 11) is 0. The SMILES string of the molecule is C/C=C\C=C(/C)Oc1ccccc1. The maximum atomic E-state index is 5.53. The van der Waals surface area contributed by atoms with E-state index in [9.17, 15) is 0 Å². The molecule has 1 rings (SSSR count). The van der Waals surface area contributed by atoms with Gasteiger partial charge in [0.1, 0.15) is 11.5 Å². The Kier molecular flexibility index (Phi) is 3.83. The van der Waals surface area contributed by atoms with E-state index in [-0.39, 0.29) is 0 Å². The molecule has 0 fully saturated rings. The van der Waals surface area contributed by atoms with Crippen molar-refractivity contribution in [2.75, 3.05) is 0 Å². The van der Waals surface area contributed by atoms with E-state index in [0.29, 0.717) is 0 Å². The summed E-state index contributed by atoms with van der Waals surface area (Å²) >= 11 is 0. The minimum absolute atomic E-state index is 0.876. The Morgan fingerprint density at radius 1 is 1.23 bits per heavy atom. The molecule has 0 aliphatic heterocycles. The van der Waals surface area contributed by atoms with Gasteiger partial charge in [-0.3, -0.25) is 0 Å². The molecule has 0 N–H and O–H groups in total. The Bertz CT molecular complexity index is 296. The predicted octanol–water partition coefficient (Wildman–Crippen LogP) is 3.55. The summed E-state index contributed by atoms with van der Waals surface area (Å²) in [5.41, 5.74) is 0. The standard InChI is InChI=1S/C12H14O/c1-3-4-8-11(2)13-12-9-6-5-7-10-12/h3-10H,1-2H3/b4-3-,11-8+. The molecule has 0 unspecified atom stereocenters. The molecule has 13 heavy (non-hydrogen) atoms.